The maximum Gasteiger partial charge on any atom is 0.244 e. The summed E-state index contributed by atoms with van der Waals surface area (Å²) < 4.78 is 0. The Kier molecular flexibility index (Phi) is 5.49. The molecule has 138 valence electrons. The molecule has 1 N–H and O–H groups in total. The number of benzene rings is 1. The molecule has 4 nitrogen and oxygen atoms in total. The Hall–Kier alpha value is -1.39. The smallest absolute Gasteiger partial charge is 0.244 e. The number of amides is 1. The Bertz CT molecular complexity index is 584. The number of likely N-dealkylation sites (tertiary alicyclic amines) is 1. The Labute approximate surface area is 152 Å². The molecule has 1 aromatic rings. The van der Waals surface area contributed by atoms with Gasteiger partial charge in [0.15, 0.2) is 0 Å². The van der Waals surface area contributed by atoms with Gasteiger partial charge in [0.25, 0.3) is 0 Å². The molecule has 0 aliphatic carbocycles. The van der Waals surface area contributed by atoms with E-state index in [1.54, 1.807) is 0 Å². The summed E-state index contributed by atoms with van der Waals surface area (Å²) in [6.07, 6.45) is 2.27. The van der Waals surface area contributed by atoms with Crippen LogP contribution in [0.1, 0.15) is 57.7 Å². The first-order chi connectivity index (χ1) is 11.9. The number of nitrogens with zero attached hydrogens (tertiary/aromatic N) is 2. The molecule has 4 heteroatoms. The van der Waals surface area contributed by atoms with Crippen molar-refractivity contribution < 1.29 is 4.79 Å². The maximum atomic E-state index is 13.3. The third-order valence-corrected chi connectivity index (χ3v) is 5.63. The van der Waals surface area contributed by atoms with E-state index < -0.39 is 0 Å². The number of rotatable bonds is 3. The standard InChI is InChI=1S/C21H33N3O/c1-16-15-22-11-14-24(16)19(20(25)23-12-5-6-13-23)17-7-9-18(10-8-17)21(2,3)4/h7-10,16,19,22H,5-6,11-15H2,1-4H3. The van der Waals surface area contributed by atoms with Crippen molar-refractivity contribution in [3.8, 4) is 0 Å². The van der Waals surface area contributed by atoms with Gasteiger partial charge in [-0.2, -0.15) is 0 Å². The quantitative estimate of drug-likeness (QED) is 0.916. The van der Waals surface area contributed by atoms with Crippen molar-refractivity contribution in [3.05, 3.63) is 35.4 Å². The minimum Gasteiger partial charge on any atom is -0.341 e. The number of piperazine rings is 1. The second-order valence-corrected chi connectivity index (χ2v) is 8.60. The number of carbonyl (C=O) groups is 1. The number of carbonyl (C=O) groups excluding carboxylic acids is 1. The van der Waals surface area contributed by atoms with Crippen LogP contribution in [0.4, 0.5) is 0 Å². The van der Waals surface area contributed by atoms with Crippen LogP contribution in [0, 0.1) is 0 Å². The van der Waals surface area contributed by atoms with Crippen molar-refractivity contribution in [1.82, 2.24) is 15.1 Å². The van der Waals surface area contributed by atoms with Crippen LogP contribution in [0.15, 0.2) is 24.3 Å². The highest BCUT2D eigenvalue weighted by Gasteiger charge is 2.35. The summed E-state index contributed by atoms with van der Waals surface area (Å²) in [5.74, 6) is 0.287. The monoisotopic (exact) mass is 343 g/mol. The van der Waals surface area contributed by atoms with Gasteiger partial charge in [-0.05, 0) is 36.3 Å². The summed E-state index contributed by atoms with van der Waals surface area (Å²) in [7, 11) is 0. The zero-order valence-electron chi connectivity index (χ0n) is 16.2. The van der Waals surface area contributed by atoms with E-state index in [1.165, 1.54) is 5.56 Å². The molecule has 2 aliphatic rings. The molecule has 0 saturated carbocycles. The van der Waals surface area contributed by atoms with Crippen LogP contribution in [0.5, 0.6) is 0 Å². The van der Waals surface area contributed by atoms with E-state index in [0.717, 1.165) is 51.1 Å². The summed E-state index contributed by atoms with van der Waals surface area (Å²) in [5.41, 5.74) is 2.59. The van der Waals surface area contributed by atoms with Crippen LogP contribution in [0.2, 0.25) is 0 Å². The van der Waals surface area contributed by atoms with Crippen LogP contribution in [-0.4, -0.2) is 54.5 Å². The maximum absolute atomic E-state index is 13.3. The first-order valence-electron chi connectivity index (χ1n) is 9.73. The zero-order valence-corrected chi connectivity index (χ0v) is 16.2. The first kappa shape index (κ1) is 18.4. The number of hydrogen-bond donors (Lipinski definition) is 1. The molecule has 2 aliphatic heterocycles. The lowest BCUT2D eigenvalue weighted by Crippen LogP contribution is -2.54. The average molecular weight is 344 g/mol. The van der Waals surface area contributed by atoms with E-state index in [1.807, 2.05) is 0 Å². The molecule has 0 bridgehead atoms. The fourth-order valence-electron chi connectivity index (χ4n) is 3.99. The second-order valence-electron chi connectivity index (χ2n) is 8.60. The molecule has 0 radical (unpaired) electrons. The third-order valence-electron chi connectivity index (χ3n) is 5.63. The van der Waals surface area contributed by atoms with Gasteiger partial charge in [0.05, 0.1) is 0 Å². The van der Waals surface area contributed by atoms with Gasteiger partial charge >= 0.3 is 0 Å². The topological polar surface area (TPSA) is 35.6 Å². The molecule has 1 aromatic carbocycles. The molecule has 3 rings (SSSR count). The van der Waals surface area contributed by atoms with Crippen molar-refractivity contribution >= 4 is 5.91 Å². The Balaban J connectivity index is 1.91. The summed E-state index contributed by atoms with van der Waals surface area (Å²) in [5, 5.41) is 3.44. The lowest BCUT2D eigenvalue weighted by atomic mass is 9.86. The molecule has 1 amide bonds. The predicted molar refractivity (Wildman–Crippen MR) is 103 cm³/mol. The molecule has 2 atom stereocenters. The van der Waals surface area contributed by atoms with Crippen molar-refractivity contribution in [2.24, 2.45) is 0 Å². The summed E-state index contributed by atoms with van der Waals surface area (Å²) in [4.78, 5) is 17.8. The summed E-state index contributed by atoms with van der Waals surface area (Å²) in [6.45, 7) is 13.6. The molecule has 0 aromatic heterocycles. The second kappa shape index (κ2) is 7.46. The third kappa shape index (κ3) is 4.06. The van der Waals surface area contributed by atoms with E-state index in [4.69, 9.17) is 0 Å². The molecule has 2 heterocycles. The molecule has 2 fully saturated rings. The summed E-state index contributed by atoms with van der Waals surface area (Å²) in [6, 6.07) is 8.97. The van der Waals surface area contributed by atoms with Crippen molar-refractivity contribution in [3.63, 3.8) is 0 Å². The Morgan fingerprint density at radius 2 is 1.76 bits per heavy atom. The fourth-order valence-corrected chi connectivity index (χ4v) is 3.99. The van der Waals surface area contributed by atoms with Crippen LogP contribution < -0.4 is 5.32 Å². The van der Waals surface area contributed by atoms with Gasteiger partial charge < -0.3 is 10.2 Å². The van der Waals surface area contributed by atoms with Crippen LogP contribution >= 0.6 is 0 Å². The van der Waals surface area contributed by atoms with Gasteiger partial charge in [-0.1, -0.05) is 45.0 Å². The van der Waals surface area contributed by atoms with Gasteiger partial charge in [0.1, 0.15) is 6.04 Å². The van der Waals surface area contributed by atoms with E-state index in [2.05, 4.69) is 67.1 Å². The lowest BCUT2D eigenvalue weighted by Gasteiger charge is -2.40. The van der Waals surface area contributed by atoms with Gasteiger partial charge in [-0.3, -0.25) is 9.69 Å². The SMILES string of the molecule is CC1CNCCN1C(C(=O)N1CCCC1)c1ccc(C(C)(C)C)cc1. The zero-order chi connectivity index (χ0) is 18.0. The minimum atomic E-state index is -0.149. The van der Waals surface area contributed by atoms with E-state index in [0.29, 0.717) is 6.04 Å². The summed E-state index contributed by atoms with van der Waals surface area (Å²) >= 11 is 0. The van der Waals surface area contributed by atoms with Crippen molar-refractivity contribution in [2.45, 2.75) is 58.0 Å². The highest BCUT2D eigenvalue weighted by Crippen LogP contribution is 2.30. The van der Waals surface area contributed by atoms with Gasteiger partial charge in [-0.15, -0.1) is 0 Å². The normalized spacial score (nSPS) is 23.7. The Morgan fingerprint density at radius 3 is 2.32 bits per heavy atom. The van der Waals surface area contributed by atoms with E-state index >= 15 is 0 Å². The number of nitrogens with one attached hydrogen (secondary N) is 1. The van der Waals surface area contributed by atoms with Crippen LogP contribution in [0.25, 0.3) is 0 Å². The number of hydrogen-bond acceptors (Lipinski definition) is 3. The predicted octanol–water partition coefficient (Wildman–Crippen LogP) is 2.94. The largest absolute Gasteiger partial charge is 0.341 e. The minimum absolute atomic E-state index is 0.134. The average Bonchev–Trinajstić information content (AvgIpc) is 3.11. The fraction of sp³-hybridized carbons (Fsp3) is 0.667. The van der Waals surface area contributed by atoms with E-state index in [-0.39, 0.29) is 17.4 Å². The first-order valence-corrected chi connectivity index (χ1v) is 9.73. The van der Waals surface area contributed by atoms with Crippen molar-refractivity contribution in [2.75, 3.05) is 32.7 Å². The molecular weight excluding hydrogens is 310 g/mol. The van der Waals surface area contributed by atoms with Gasteiger partial charge in [0.2, 0.25) is 5.91 Å². The van der Waals surface area contributed by atoms with E-state index in [9.17, 15) is 4.79 Å². The van der Waals surface area contributed by atoms with Crippen LogP contribution in [0.3, 0.4) is 0 Å². The highest BCUT2D eigenvalue weighted by atomic mass is 16.2. The van der Waals surface area contributed by atoms with Gasteiger partial charge in [-0.25, -0.2) is 0 Å². The Morgan fingerprint density at radius 1 is 1.12 bits per heavy atom. The molecular formula is C21H33N3O. The highest BCUT2D eigenvalue weighted by molar-refractivity contribution is 5.83. The van der Waals surface area contributed by atoms with Gasteiger partial charge in [0, 0.05) is 38.8 Å². The molecule has 0 spiro atoms. The molecule has 25 heavy (non-hydrogen) atoms. The molecule has 2 unspecified atom stereocenters. The van der Waals surface area contributed by atoms with Crippen molar-refractivity contribution in [1.29, 1.82) is 0 Å². The van der Waals surface area contributed by atoms with Crippen LogP contribution in [-0.2, 0) is 10.2 Å². The molecule has 2 saturated heterocycles. The lowest BCUT2D eigenvalue weighted by molar-refractivity contribution is -0.137.